The zero-order valence-corrected chi connectivity index (χ0v) is 13.2. The summed E-state index contributed by atoms with van der Waals surface area (Å²) in [5.41, 5.74) is 1.06. The van der Waals surface area contributed by atoms with E-state index in [0.717, 1.165) is 11.3 Å². The summed E-state index contributed by atoms with van der Waals surface area (Å²) in [6.45, 7) is 3.41. The SMILES string of the molecule is COC(=O)c1ncsc1S(=O)(=O)NC(C)c1ccc(C)o1. The van der Waals surface area contributed by atoms with Gasteiger partial charge in [-0.15, -0.1) is 11.3 Å². The molecule has 0 amide bonds. The number of aromatic nitrogens is 1. The molecular weight excluding hydrogens is 316 g/mol. The molecule has 2 aromatic heterocycles. The average molecular weight is 330 g/mol. The van der Waals surface area contributed by atoms with Crippen molar-refractivity contribution in [2.75, 3.05) is 7.11 Å². The normalized spacial score (nSPS) is 13.1. The lowest BCUT2D eigenvalue weighted by Crippen LogP contribution is -2.27. The molecule has 0 aliphatic rings. The molecule has 0 aromatic carbocycles. The third-order valence-corrected chi connectivity index (χ3v) is 5.59. The predicted octanol–water partition coefficient (Wildman–Crippen LogP) is 1.87. The van der Waals surface area contributed by atoms with Crippen LogP contribution in [0.25, 0.3) is 0 Å². The van der Waals surface area contributed by atoms with Gasteiger partial charge in [0.1, 0.15) is 11.5 Å². The number of furan rings is 1. The summed E-state index contributed by atoms with van der Waals surface area (Å²) in [4.78, 5) is 15.3. The number of aryl methyl sites for hydroxylation is 1. The highest BCUT2D eigenvalue weighted by atomic mass is 32.2. The van der Waals surface area contributed by atoms with E-state index in [1.807, 2.05) is 0 Å². The minimum atomic E-state index is -3.90. The van der Waals surface area contributed by atoms with Gasteiger partial charge < -0.3 is 9.15 Å². The number of carbonyl (C=O) groups is 1. The summed E-state index contributed by atoms with van der Waals surface area (Å²) >= 11 is 0.850. The zero-order chi connectivity index (χ0) is 15.6. The van der Waals surface area contributed by atoms with Gasteiger partial charge in [-0.2, -0.15) is 4.72 Å². The van der Waals surface area contributed by atoms with Gasteiger partial charge in [0.05, 0.1) is 18.7 Å². The molecule has 0 spiro atoms. The van der Waals surface area contributed by atoms with E-state index in [9.17, 15) is 13.2 Å². The van der Waals surface area contributed by atoms with E-state index in [1.54, 1.807) is 26.0 Å². The van der Waals surface area contributed by atoms with E-state index in [1.165, 1.54) is 12.6 Å². The molecule has 21 heavy (non-hydrogen) atoms. The van der Waals surface area contributed by atoms with Crippen molar-refractivity contribution >= 4 is 27.3 Å². The lowest BCUT2D eigenvalue weighted by atomic mass is 10.3. The Kier molecular flexibility index (Phi) is 4.45. The fourth-order valence-electron chi connectivity index (χ4n) is 1.69. The fourth-order valence-corrected chi connectivity index (χ4v) is 4.05. The van der Waals surface area contributed by atoms with Crippen LogP contribution in [-0.4, -0.2) is 26.5 Å². The van der Waals surface area contributed by atoms with Crippen LogP contribution in [0.15, 0.2) is 26.3 Å². The number of rotatable bonds is 5. The lowest BCUT2D eigenvalue weighted by molar-refractivity contribution is 0.0590. The van der Waals surface area contributed by atoms with Gasteiger partial charge in [-0.25, -0.2) is 18.2 Å². The fraction of sp³-hybridized carbons (Fsp3) is 0.333. The van der Waals surface area contributed by atoms with Gasteiger partial charge in [-0.3, -0.25) is 0 Å². The molecule has 2 heterocycles. The van der Waals surface area contributed by atoms with Crippen LogP contribution in [0.5, 0.6) is 0 Å². The summed E-state index contributed by atoms with van der Waals surface area (Å²) in [6, 6.07) is 2.86. The molecule has 9 heteroatoms. The molecule has 7 nitrogen and oxygen atoms in total. The highest BCUT2D eigenvalue weighted by Crippen LogP contribution is 2.24. The first-order chi connectivity index (χ1) is 9.85. The second kappa shape index (κ2) is 5.96. The van der Waals surface area contributed by atoms with Crippen LogP contribution in [0.1, 0.15) is 35.0 Å². The Bertz CT molecular complexity index is 747. The number of esters is 1. The van der Waals surface area contributed by atoms with Crippen molar-refractivity contribution in [2.45, 2.75) is 24.1 Å². The zero-order valence-electron chi connectivity index (χ0n) is 11.6. The van der Waals surface area contributed by atoms with Gasteiger partial charge in [0, 0.05) is 0 Å². The van der Waals surface area contributed by atoms with Crippen molar-refractivity contribution in [1.82, 2.24) is 9.71 Å². The largest absolute Gasteiger partial charge is 0.465 e. The molecule has 114 valence electrons. The van der Waals surface area contributed by atoms with E-state index in [4.69, 9.17) is 4.42 Å². The molecule has 0 aliphatic carbocycles. The van der Waals surface area contributed by atoms with Crippen LogP contribution in [0.4, 0.5) is 0 Å². The van der Waals surface area contributed by atoms with Crippen LogP contribution in [-0.2, 0) is 14.8 Å². The van der Waals surface area contributed by atoms with Gasteiger partial charge in [-0.05, 0) is 26.0 Å². The first kappa shape index (κ1) is 15.7. The van der Waals surface area contributed by atoms with E-state index >= 15 is 0 Å². The van der Waals surface area contributed by atoms with E-state index < -0.39 is 22.0 Å². The molecule has 1 N–H and O–H groups in total. The summed E-state index contributed by atoms with van der Waals surface area (Å²) in [6.07, 6.45) is 0. The van der Waals surface area contributed by atoms with Gasteiger partial charge in [0.25, 0.3) is 10.0 Å². The highest BCUT2D eigenvalue weighted by molar-refractivity contribution is 7.91. The van der Waals surface area contributed by atoms with Crippen LogP contribution < -0.4 is 4.72 Å². The molecule has 2 rings (SSSR count). The third kappa shape index (κ3) is 3.31. The molecular formula is C12H14N2O5S2. The summed E-state index contributed by atoms with van der Waals surface area (Å²) in [5, 5.41) is 0. The number of methoxy groups -OCH3 is 1. The van der Waals surface area contributed by atoms with Crippen LogP contribution in [0.3, 0.4) is 0 Å². The number of nitrogens with zero attached hydrogens (tertiary/aromatic N) is 1. The lowest BCUT2D eigenvalue weighted by Gasteiger charge is -2.11. The number of ether oxygens (including phenoxy) is 1. The average Bonchev–Trinajstić information content (AvgIpc) is 3.05. The number of nitrogens with one attached hydrogen (secondary N) is 1. The molecule has 2 aromatic rings. The van der Waals surface area contributed by atoms with Crippen molar-refractivity contribution in [1.29, 1.82) is 0 Å². The predicted molar refractivity (Wildman–Crippen MR) is 75.6 cm³/mol. The van der Waals surface area contributed by atoms with Gasteiger partial charge in [0.2, 0.25) is 0 Å². The first-order valence-electron chi connectivity index (χ1n) is 5.95. The van der Waals surface area contributed by atoms with Crippen LogP contribution in [0, 0.1) is 6.92 Å². The van der Waals surface area contributed by atoms with Crippen molar-refractivity contribution in [3.8, 4) is 0 Å². The van der Waals surface area contributed by atoms with Crippen molar-refractivity contribution in [3.63, 3.8) is 0 Å². The molecule has 0 saturated carbocycles. The molecule has 1 atom stereocenters. The Morgan fingerprint density at radius 1 is 1.48 bits per heavy atom. The maximum atomic E-state index is 12.3. The third-order valence-electron chi connectivity index (χ3n) is 2.68. The summed E-state index contributed by atoms with van der Waals surface area (Å²) in [5.74, 6) is 0.377. The molecule has 0 bridgehead atoms. The van der Waals surface area contributed by atoms with E-state index in [-0.39, 0.29) is 9.90 Å². The molecule has 1 unspecified atom stereocenters. The van der Waals surface area contributed by atoms with Crippen molar-refractivity contribution < 1.29 is 22.4 Å². The topological polar surface area (TPSA) is 98.5 Å². The maximum absolute atomic E-state index is 12.3. The second-order valence-corrected chi connectivity index (χ2v) is 7.04. The smallest absolute Gasteiger partial charge is 0.358 e. The number of hydrogen-bond acceptors (Lipinski definition) is 7. The Balaban J connectivity index is 2.27. The second-order valence-electron chi connectivity index (χ2n) is 4.27. The van der Waals surface area contributed by atoms with Gasteiger partial charge in [0.15, 0.2) is 9.90 Å². The Morgan fingerprint density at radius 2 is 2.19 bits per heavy atom. The van der Waals surface area contributed by atoms with E-state index in [0.29, 0.717) is 11.5 Å². The first-order valence-corrected chi connectivity index (χ1v) is 8.32. The number of sulfonamides is 1. The monoisotopic (exact) mass is 330 g/mol. The quantitative estimate of drug-likeness (QED) is 0.840. The van der Waals surface area contributed by atoms with Crippen molar-refractivity contribution in [3.05, 3.63) is 34.9 Å². The Labute approximate surface area is 126 Å². The number of thiazole rings is 1. The maximum Gasteiger partial charge on any atom is 0.358 e. The highest BCUT2D eigenvalue weighted by Gasteiger charge is 2.28. The molecule has 0 aliphatic heterocycles. The Morgan fingerprint density at radius 3 is 2.76 bits per heavy atom. The standard InChI is InChI=1S/C12H14N2O5S2/c1-7-4-5-9(19-7)8(2)14-21(16,17)12-10(11(15)18-3)13-6-20-12/h4-6,8,14H,1-3H3. The van der Waals surface area contributed by atoms with Crippen LogP contribution in [0.2, 0.25) is 0 Å². The van der Waals surface area contributed by atoms with E-state index in [2.05, 4.69) is 14.4 Å². The molecule has 0 radical (unpaired) electrons. The molecule has 0 saturated heterocycles. The molecule has 0 fully saturated rings. The van der Waals surface area contributed by atoms with Crippen LogP contribution >= 0.6 is 11.3 Å². The summed E-state index contributed by atoms with van der Waals surface area (Å²) < 4.78 is 36.8. The van der Waals surface area contributed by atoms with Gasteiger partial charge in [-0.1, -0.05) is 0 Å². The minimum absolute atomic E-state index is 0.176. The number of carbonyl (C=O) groups excluding carboxylic acids is 1. The van der Waals surface area contributed by atoms with Gasteiger partial charge >= 0.3 is 5.97 Å². The summed E-state index contributed by atoms with van der Waals surface area (Å²) in [7, 11) is -2.73. The number of hydrogen-bond donors (Lipinski definition) is 1. The van der Waals surface area contributed by atoms with Crippen molar-refractivity contribution in [2.24, 2.45) is 0 Å². The Hall–Kier alpha value is -1.71. The minimum Gasteiger partial charge on any atom is -0.465 e.